The number of aromatic nitrogens is 3. The van der Waals surface area contributed by atoms with Crippen molar-refractivity contribution in [3.05, 3.63) is 54.9 Å². The summed E-state index contributed by atoms with van der Waals surface area (Å²) in [5.41, 5.74) is 1.00. The lowest BCUT2D eigenvalue weighted by atomic mass is 10.2. The number of halogens is 1. The second kappa shape index (κ2) is 12.2. The number of aryl methyl sites for hydroxylation is 1. The second-order valence-corrected chi connectivity index (χ2v) is 6.13. The third kappa shape index (κ3) is 6.99. The van der Waals surface area contributed by atoms with Crippen LogP contribution in [0.5, 0.6) is 0 Å². The van der Waals surface area contributed by atoms with Crippen molar-refractivity contribution in [3.63, 3.8) is 0 Å². The van der Waals surface area contributed by atoms with E-state index < -0.39 is 0 Å². The Balaban J connectivity index is 0.00000280. The van der Waals surface area contributed by atoms with Gasteiger partial charge in [-0.15, -0.1) is 24.0 Å². The highest BCUT2D eigenvalue weighted by Crippen LogP contribution is 2.13. The molecule has 0 saturated heterocycles. The molecule has 150 valence electrons. The molecule has 0 atom stereocenters. The zero-order valence-electron chi connectivity index (χ0n) is 16.1. The molecule has 3 N–H and O–H groups in total. The number of aliphatic imine (C=N–C) groups is 1. The molecule has 3 rings (SSSR count). The fourth-order valence-electron chi connectivity index (χ4n) is 2.73. The molecule has 28 heavy (non-hydrogen) atoms. The van der Waals surface area contributed by atoms with Crippen molar-refractivity contribution >= 4 is 46.7 Å². The summed E-state index contributed by atoms with van der Waals surface area (Å²) in [5.74, 6) is 1.72. The largest absolute Gasteiger partial charge is 0.368 e. The summed E-state index contributed by atoms with van der Waals surface area (Å²) in [6.45, 7) is 6.07. The molecule has 0 saturated carbocycles. The highest BCUT2D eigenvalue weighted by Gasteiger charge is 1.99. The lowest BCUT2D eigenvalue weighted by molar-refractivity contribution is 0.584. The number of para-hydroxylation sites is 1. The van der Waals surface area contributed by atoms with Crippen molar-refractivity contribution in [1.29, 1.82) is 0 Å². The maximum atomic E-state index is 4.62. The lowest BCUT2D eigenvalue weighted by Gasteiger charge is -2.12. The minimum atomic E-state index is 0. The number of guanidine groups is 1. The molecule has 0 aliphatic carbocycles. The first-order chi connectivity index (χ1) is 13.3. The van der Waals surface area contributed by atoms with Crippen LogP contribution in [0, 0.1) is 0 Å². The van der Waals surface area contributed by atoms with E-state index in [1.54, 1.807) is 6.20 Å². The Labute approximate surface area is 183 Å². The maximum absolute atomic E-state index is 4.62. The molecule has 0 aliphatic rings. The molecular formula is C20H28IN7. The van der Waals surface area contributed by atoms with E-state index in [4.69, 9.17) is 0 Å². The van der Waals surface area contributed by atoms with Crippen LogP contribution >= 0.6 is 24.0 Å². The number of anilines is 1. The molecule has 0 fully saturated rings. The van der Waals surface area contributed by atoms with E-state index in [1.807, 2.05) is 41.2 Å². The topological polar surface area (TPSA) is 79.2 Å². The molecule has 0 aliphatic heterocycles. The lowest BCUT2D eigenvalue weighted by Crippen LogP contribution is -2.39. The average Bonchev–Trinajstić information content (AvgIpc) is 3.22. The average molecular weight is 493 g/mol. The number of rotatable bonds is 9. The summed E-state index contributed by atoms with van der Waals surface area (Å²) in [6.07, 6.45) is 4.73. The summed E-state index contributed by atoms with van der Waals surface area (Å²) < 4.78 is 1.93. The Hall–Kier alpha value is -2.36. The molecule has 8 heteroatoms. The SMILES string of the molecule is CCNC(=NCCCn1cccn1)NCCNc1ccc2ccccc2n1.I. The monoisotopic (exact) mass is 493 g/mol. The van der Waals surface area contributed by atoms with E-state index in [-0.39, 0.29) is 24.0 Å². The van der Waals surface area contributed by atoms with Crippen molar-refractivity contribution in [1.82, 2.24) is 25.4 Å². The van der Waals surface area contributed by atoms with E-state index in [2.05, 4.69) is 50.1 Å². The number of nitrogens with zero attached hydrogens (tertiary/aromatic N) is 4. The number of hydrogen-bond donors (Lipinski definition) is 3. The number of fused-ring (bicyclic) bond motifs is 1. The van der Waals surface area contributed by atoms with Crippen LogP contribution in [-0.4, -0.2) is 46.9 Å². The van der Waals surface area contributed by atoms with Gasteiger partial charge >= 0.3 is 0 Å². The molecule has 1 aromatic carbocycles. The van der Waals surface area contributed by atoms with Gasteiger partial charge in [0.15, 0.2) is 5.96 Å². The first-order valence-corrected chi connectivity index (χ1v) is 9.44. The van der Waals surface area contributed by atoms with Crippen molar-refractivity contribution in [2.75, 3.05) is 31.5 Å². The molecule has 0 radical (unpaired) electrons. The molecule has 0 unspecified atom stereocenters. The molecule has 0 spiro atoms. The zero-order valence-corrected chi connectivity index (χ0v) is 18.5. The standard InChI is InChI=1S/C20H27N7.HI/c1-2-21-20(23-11-5-15-27-16-6-12-25-27)24-14-13-22-19-10-9-17-7-3-4-8-18(17)26-19;/h3-4,6-10,12,16H,2,5,11,13-15H2,1H3,(H,22,26)(H2,21,23,24);1H. The van der Waals surface area contributed by atoms with Gasteiger partial charge in [-0.3, -0.25) is 9.67 Å². The predicted molar refractivity (Wildman–Crippen MR) is 126 cm³/mol. The van der Waals surface area contributed by atoms with E-state index >= 15 is 0 Å². The highest BCUT2D eigenvalue weighted by atomic mass is 127. The van der Waals surface area contributed by atoms with E-state index in [1.165, 1.54) is 0 Å². The Morgan fingerprint density at radius 1 is 1.07 bits per heavy atom. The van der Waals surface area contributed by atoms with Crippen molar-refractivity contribution in [2.45, 2.75) is 19.9 Å². The summed E-state index contributed by atoms with van der Waals surface area (Å²) >= 11 is 0. The third-order valence-electron chi connectivity index (χ3n) is 4.04. The van der Waals surface area contributed by atoms with E-state index in [0.29, 0.717) is 0 Å². The minimum absolute atomic E-state index is 0. The Morgan fingerprint density at radius 3 is 2.79 bits per heavy atom. The fraction of sp³-hybridized carbons (Fsp3) is 0.350. The van der Waals surface area contributed by atoms with Gasteiger partial charge in [-0.25, -0.2) is 4.98 Å². The van der Waals surface area contributed by atoms with Crippen LogP contribution in [0.25, 0.3) is 10.9 Å². The van der Waals surface area contributed by atoms with Gasteiger partial charge in [0.1, 0.15) is 5.82 Å². The molecular weight excluding hydrogens is 465 g/mol. The summed E-state index contributed by atoms with van der Waals surface area (Å²) in [6, 6.07) is 14.2. The molecule has 3 aromatic rings. The number of nitrogens with one attached hydrogen (secondary N) is 3. The van der Waals surface area contributed by atoms with Gasteiger partial charge in [0.25, 0.3) is 0 Å². The van der Waals surface area contributed by atoms with Gasteiger partial charge in [0, 0.05) is 50.5 Å². The normalized spacial score (nSPS) is 11.1. The van der Waals surface area contributed by atoms with E-state index in [9.17, 15) is 0 Å². The van der Waals surface area contributed by atoms with Crippen LogP contribution in [0.3, 0.4) is 0 Å². The highest BCUT2D eigenvalue weighted by molar-refractivity contribution is 14.0. The van der Waals surface area contributed by atoms with Crippen LogP contribution in [0.2, 0.25) is 0 Å². The molecule has 2 heterocycles. The first-order valence-electron chi connectivity index (χ1n) is 9.44. The number of pyridine rings is 1. The Morgan fingerprint density at radius 2 is 1.96 bits per heavy atom. The second-order valence-electron chi connectivity index (χ2n) is 6.13. The molecule has 7 nitrogen and oxygen atoms in total. The van der Waals surface area contributed by atoms with Gasteiger partial charge in [0.05, 0.1) is 5.52 Å². The van der Waals surface area contributed by atoms with Crippen LogP contribution in [0.15, 0.2) is 59.9 Å². The summed E-state index contributed by atoms with van der Waals surface area (Å²) in [5, 5.41) is 15.3. The molecule has 0 bridgehead atoms. The van der Waals surface area contributed by atoms with Gasteiger partial charge in [-0.2, -0.15) is 5.10 Å². The van der Waals surface area contributed by atoms with Crippen LogP contribution in [0.1, 0.15) is 13.3 Å². The van der Waals surface area contributed by atoms with Crippen molar-refractivity contribution in [2.24, 2.45) is 4.99 Å². The maximum Gasteiger partial charge on any atom is 0.191 e. The third-order valence-corrected chi connectivity index (χ3v) is 4.04. The van der Waals surface area contributed by atoms with Crippen molar-refractivity contribution < 1.29 is 0 Å². The minimum Gasteiger partial charge on any atom is -0.368 e. The van der Waals surface area contributed by atoms with Crippen LogP contribution < -0.4 is 16.0 Å². The van der Waals surface area contributed by atoms with Gasteiger partial charge in [-0.05, 0) is 37.6 Å². The summed E-state index contributed by atoms with van der Waals surface area (Å²) in [4.78, 5) is 9.23. The first kappa shape index (κ1) is 21.9. The van der Waals surface area contributed by atoms with Gasteiger partial charge < -0.3 is 16.0 Å². The quantitative estimate of drug-likeness (QED) is 0.185. The predicted octanol–water partition coefficient (Wildman–Crippen LogP) is 3.11. The van der Waals surface area contributed by atoms with Gasteiger partial charge in [-0.1, -0.05) is 18.2 Å². The van der Waals surface area contributed by atoms with Gasteiger partial charge in [0.2, 0.25) is 0 Å². The van der Waals surface area contributed by atoms with Crippen molar-refractivity contribution in [3.8, 4) is 0 Å². The fourth-order valence-corrected chi connectivity index (χ4v) is 2.73. The Bertz CT molecular complexity index is 849. The number of benzene rings is 1. The van der Waals surface area contributed by atoms with E-state index in [0.717, 1.165) is 61.8 Å². The summed E-state index contributed by atoms with van der Waals surface area (Å²) in [7, 11) is 0. The number of hydrogen-bond acceptors (Lipinski definition) is 4. The molecule has 2 aromatic heterocycles. The Kier molecular flexibility index (Phi) is 9.53. The molecule has 0 amide bonds. The zero-order chi connectivity index (χ0) is 18.7. The smallest absolute Gasteiger partial charge is 0.191 e. The van der Waals surface area contributed by atoms with Crippen LogP contribution in [-0.2, 0) is 6.54 Å². The van der Waals surface area contributed by atoms with Crippen LogP contribution in [0.4, 0.5) is 5.82 Å².